The minimum atomic E-state index is -0.0333. The maximum absolute atomic E-state index is 12.9. The molecule has 7 nitrogen and oxygen atoms in total. The number of likely N-dealkylation sites (tertiary alicyclic amines) is 1. The zero-order valence-electron chi connectivity index (χ0n) is 14.1. The molecule has 1 amide bonds. The van der Waals surface area contributed by atoms with E-state index in [4.69, 9.17) is 4.42 Å². The lowest BCUT2D eigenvalue weighted by molar-refractivity contribution is -0.0418. The third-order valence-corrected chi connectivity index (χ3v) is 4.66. The van der Waals surface area contributed by atoms with Crippen molar-refractivity contribution in [2.45, 2.75) is 26.3 Å². The molecule has 1 aliphatic heterocycles. The number of nitrogens with zero attached hydrogens (tertiary/aromatic N) is 4. The first kappa shape index (κ1) is 15.6. The molecule has 1 N–H and O–H groups in total. The van der Waals surface area contributed by atoms with Crippen LogP contribution in [0.1, 0.15) is 47.4 Å². The van der Waals surface area contributed by atoms with Gasteiger partial charge in [0.1, 0.15) is 5.76 Å². The molecular formula is C18H19N5O2. The Hall–Kier alpha value is -2.96. The van der Waals surface area contributed by atoms with Gasteiger partial charge in [-0.25, -0.2) is 0 Å². The van der Waals surface area contributed by atoms with E-state index in [0.29, 0.717) is 24.4 Å². The largest absolute Gasteiger partial charge is 0.467 e. The summed E-state index contributed by atoms with van der Waals surface area (Å²) >= 11 is 0. The number of furan rings is 1. The van der Waals surface area contributed by atoms with E-state index in [1.807, 2.05) is 41.3 Å². The van der Waals surface area contributed by atoms with Gasteiger partial charge in [-0.3, -0.25) is 4.79 Å². The number of nitrogens with one attached hydrogen (secondary N) is 1. The van der Waals surface area contributed by atoms with Crippen molar-refractivity contribution in [2.75, 3.05) is 6.54 Å². The Bertz CT molecular complexity index is 854. The van der Waals surface area contributed by atoms with Gasteiger partial charge >= 0.3 is 0 Å². The molecule has 3 heterocycles. The molecule has 1 aliphatic rings. The summed E-state index contributed by atoms with van der Waals surface area (Å²) in [5, 5.41) is 13.9. The molecule has 3 aromatic rings. The van der Waals surface area contributed by atoms with Crippen molar-refractivity contribution in [1.82, 2.24) is 25.5 Å². The molecule has 0 radical (unpaired) electrons. The van der Waals surface area contributed by atoms with Crippen molar-refractivity contribution in [2.24, 2.45) is 5.41 Å². The fourth-order valence-electron chi connectivity index (χ4n) is 3.47. The fourth-order valence-corrected chi connectivity index (χ4v) is 3.47. The number of hydrogen-bond donors (Lipinski definition) is 1. The summed E-state index contributed by atoms with van der Waals surface area (Å²) in [4.78, 5) is 14.8. The summed E-state index contributed by atoms with van der Waals surface area (Å²) in [5.74, 6) is 1.48. The number of H-pyrrole nitrogens is 1. The van der Waals surface area contributed by atoms with Crippen LogP contribution >= 0.6 is 0 Å². The van der Waals surface area contributed by atoms with Crippen molar-refractivity contribution in [1.29, 1.82) is 0 Å². The average Bonchev–Trinajstić information content (AvgIpc) is 3.27. The molecule has 0 spiro atoms. The van der Waals surface area contributed by atoms with Crippen LogP contribution in [0.5, 0.6) is 0 Å². The van der Waals surface area contributed by atoms with Crippen LogP contribution in [0.3, 0.4) is 0 Å². The van der Waals surface area contributed by atoms with Crippen molar-refractivity contribution in [3.05, 3.63) is 65.4 Å². The lowest BCUT2D eigenvalue weighted by Gasteiger charge is -2.53. The molecule has 7 heteroatoms. The van der Waals surface area contributed by atoms with Gasteiger partial charge in [-0.05, 0) is 29.8 Å². The van der Waals surface area contributed by atoms with Crippen LogP contribution < -0.4 is 0 Å². The highest BCUT2D eigenvalue weighted by Gasteiger charge is 2.50. The number of carbonyl (C=O) groups excluding carboxylic acids is 1. The lowest BCUT2D eigenvalue weighted by Crippen LogP contribution is -2.57. The van der Waals surface area contributed by atoms with Gasteiger partial charge in [-0.15, -0.1) is 10.2 Å². The second kappa shape index (κ2) is 5.84. The smallest absolute Gasteiger partial charge is 0.254 e. The van der Waals surface area contributed by atoms with E-state index in [1.165, 1.54) is 0 Å². The Morgan fingerprint density at radius 3 is 2.72 bits per heavy atom. The number of benzene rings is 1. The predicted molar refractivity (Wildman–Crippen MR) is 89.7 cm³/mol. The van der Waals surface area contributed by atoms with Gasteiger partial charge in [0.2, 0.25) is 0 Å². The van der Waals surface area contributed by atoms with Gasteiger partial charge in [-0.1, -0.05) is 31.2 Å². The molecule has 1 atom stereocenters. The lowest BCUT2D eigenvalue weighted by atomic mass is 9.73. The fraction of sp³-hybridized carbons (Fsp3) is 0.333. The van der Waals surface area contributed by atoms with E-state index in [1.54, 1.807) is 6.26 Å². The molecule has 1 saturated heterocycles. The molecule has 1 fully saturated rings. The molecule has 0 saturated carbocycles. The average molecular weight is 337 g/mol. The molecule has 1 unspecified atom stereocenters. The highest BCUT2D eigenvalue weighted by Crippen LogP contribution is 2.48. The summed E-state index contributed by atoms with van der Waals surface area (Å²) in [6, 6.07) is 11.3. The predicted octanol–water partition coefficient (Wildman–Crippen LogP) is 2.61. The van der Waals surface area contributed by atoms with Crippen molar-refractivity contribution in [3.8, 4) is 0 Å². The third kappa shape index (κ3) is 2.82. The second-order valence-corrected chi connectivity index (χ2v) is 7.04. The first-order valence-electron chi connectivity index (χ1n) is 8.20. The van der Waals surface area contributed by atoms with Crippen molar-refractivity contribution in [3.63, 3.8) is 0 Å². The third-order valence-electron chi connectivity index (χ3n) is 4.66. The topological polar surface area (TPSA) is 87.9 Å². The molecule has 1 aromatic carbocycles. The number of tetrazole rings is 1. The van der Waals surface area contributed by atoms with Gasteiger partial charge in [-0.2, -0.15) is 5.21 Å². The Kier molecular flexibility index (Phi) is 3.63. The monoisotopic (exact) mass is 337 g/mol. The van der Waals surface area contributed by atoms with Crippen LogP contribution in [-0.2, 0) is 6.42 Å². The highest BCUT2D eigenvalue weighted by atomic mass is 16.3. The van der Waals surface area contributed by atoms with Crippen LogP contribution in [0.25, 0.3) is 0 Å². The minimum Gasteiger partial charge on any atom is -0.467 e. The molecule has 128 valence electrons. The van der Waals surface area contributed by atoms with Crippen LogP contribution in [0.15, 0.2) is 47.1 Å². The molecular weight excluding hydrogens is 318 g/mol. The maximum atomic E-state index is 12.9. The normalized spacial score (nSPS) is 18.8. The van der Waals surface area contributed by atoms with Crippen LogP contribution in [0, 0.1) is 5.41 Å². The van der Waals surface area contributed by atoms with Gasteiger partial charge < -0.3 is 9.32 Å². The highest BCUT2D eigenvalue weighted by molar-refractivity contribution is 5.95. The van der Waals surface area contributed by atoms with Crippen molar-refractivity contribution >= 4 is 5.91 Å². The first-order chi connectivity index (χ1) is 12.0. The van der Waals surface area contributed by atoms with Crippen LogP contribution in [0.2, 0.25) is 0 Å². The summed E-state index contributed by atoms with van der Waals surface area (Å²) in [6.07, 6.45) is 2.23. The number of aromatic nitrogens is 4. The maximum Gasteiger partial charge on any atom is 0.254 e. The molecule has 4 rings (SSSR count). The standard InChI is InChI=1S/C18H19N5O2/c1-18(2)11-23(16(18)14-4-3-9-25-14)17(24)13-7-5-12(6-8-13)10-15-19-21-22-20-15/h3-9,16H,10-11H2,1-2H3,(H,19,20,21,22). The summed E-state index contributed by atoms with van der Waals surface area (Å²) in [5.41, 5.74) is 1.71. The number of rotatable bonds is 4. The van der Waals surface area contributed by atoms with E-state index in [-0.39, 0.29) is 17.4 Å². The Morgan fingerprint density at radius 2 is 2.12 bits per heavy atom. The van der Waals surface area contributed by atoms with E-state index in [2.05, 4.69) is 34.5 Å². The van der Waals surface area contributed by atoms with Gasteiger partial charge in [0.05, 0.1) is 12.3 Å². The van der Waals surface area contributed by atoms with E-state index in [0.717, 1.165) is 11.3 Å². The molecule has 0 aliphatic carbocycles. The number of carbonyl (C=O) groups is 1. The van der Waals surface area contributed by atoms with Crippen LogP contribution in [0.4, 0.5) is 0 Å². The van der Waals surface area contributed by atoms with Gasteiger partial charge in [0.15, 0.2) is 5.82 Å². The quantitative estimate of drug-likeness (QED) is 0.790. The zero-order chi connectivity index (χ0) is 17.4. The summed E-state index contributed by atoms with van der Waals surface area (Å²) in [7, 11) is 0. The SMILES string of the molecule is CC1(C)CN(C(=O)c2ccc(Cc3nn[nH]n3)cc2)C1c1ccco1. The molecule has 25 heavy (non-hydrogen) atoms. The minimum absolute atomic E-state index is 0.00603. The Labute approximate surface area is 145 Å². The summed E-state index contributed by atoms with van der Waals surface area (Å²) < 4.78 is 5.55. The Morgan fingerprint density at radius 1 is 1.32 bits per heavy atom. The van der Waals surface area contributed by atoms with Crippen LogP contribution in [-0.4, -0.2) is 38.0 Å². The van der Waals surface area contributed by atoms with Gasteiger partial charge in [0.25, 0.3) is 5.91 Å². The number of amides is 1. The van der Waals surface area contributed by atoms with E-state index in [9.17, 15) is 4.79 Å². The number of aromatic amines is 1. The zero-order valence-corrected chi connectivity index (χ0v) is 14.1. The summed E-state index contributed by atoms with van der Waals surface area (Å²) in [6.45, 7) is 5.01. The van der Waals surface area contributed by atoms with E-state index < -0.39 is 0 Å². The van der Waals surface area contributed by atoms with Crippen molar-refractivity contribution < 1.29 is 9.21 Å². The molecule has 2 aromatic heterocycles. The molecule has 0 bridgehead atoms. The Balaban J connectivity index is 1.51. The van der Waals surface area contributed by atoms with Gasteiger partial charge in [0, 0.05) is 23.9 Å². The first-order valence-corrected chi connectivity index (χ1v) is 8.20. The van der Waals surface area contributed by atoms with E-state index >= 15 is 0 Å². The number of hydrogen-bond acceptors (Lipinski definition) is 5. The second-order valence-electron chi connectivity index (χ2n) is 7.04.